The standard InChI is InChI=1S/C15H20FNO2/c1-11(9-12-5-2-3-6-13(12)16)14(18)17-10-15(19)7-4-8-15/h2-3,5-6,11,19H,4,7-10H2,1H3,(H,17,18). The van der Waals surface area contributed by atoms with Crippen molar-refractivity contribution in [3.63, 3.8) is 0 Å². The number of hydrogen-bond acceptors (Lipinski definition) is 2. The Morgan fingerprint density at radius 2 is 2.16 bits per heavy atom. The van der Waals surface area contributed by atoms with Gasteiger partial charge < -0.3 is 10.4 Å². The molecule has 1 aliphatic carbocycles. The quantitative estimate of drug-likeness (QED) is 0.856. The average Bonchev–Trinajstić information content (AvgIpc) is 2.36. The molecule has 0 aromatic heterocycles. The highest BCUT2D eigenvalue weighted by Crippen LogP contribution is 2.30. The van der Waals surface area contributed by atoms with Crippen LogP contribution in [0.2, 0.25) is 0 Å². The Bertz CT molecular complexity index is 457. The van der Waals surface area contributed by atoms with Gasteiger partial charge in [0.2, 0.25) is 5.91 Å². The zero-order chi connectivity index (χ0) is 13.9. The number of carbonyl (C=O) groups excluding carboxylic acids is 1. The summed E-state index contributed by atoms with van der Waals surface area (Å²) in [5, 5.41) is 12.7. The first-order valence-electron chi connectivity index (χ1n) is 6.74. The number of amides is 1. The van der Waals surface area contributed by atoms with Crippen molar-refractivity contribution in [3.8, 4) is 0 Å². The summed E-state index contributed by atoms with van der Waals surface area (Å²) in [4.78, 5) is 11.9. The van der Waals surface area contributed by atoms with Crippen molar-refractivity contribution in [2.45, 2.75) is 38.2 Å². The van der Waals surface area contributed by atoms with Gasteiger partial charge in [-0.3, -0.25) is 4.79 Å². The molecule has 2 rings (SSSR count). The van der Waals surface area contributed by atoms with E-state index in [0.29, 0.717) is 18.5 Å². The first-order valence-corrected chi connectivity index (χ1v) is 6.74. The fraction of sp³-hybridized carbons (Fsp3) is 0.533. The van der Waals surface area contributed by atoms with E-state index >= 15 is 0 Å². The third-order valence-corrected chi connectivity index (χ3v) is 3.81. The van der Waals surface area contributed by atoms with Crippen molar-refractivity contribution in [2.24, 2.45) is 5.92 Å². The number of benzene rings is 1. The third kappa shape index (κ3) is 3.53. The van der Waals surface area contributed by atoms with Gasteiger partial charge in [-0.1, -0.05) is 25.1 Å². The van der Waals surface area contributed by atoms with Crippen LogP contribution in [0.4, 0.5) is 4.39 Å². The van der Waals surface area contributed by atoms with E-state index in [1.54, 1.807) is 25.1 Å². The number of carbonyl (C=O) groups is 1. The van der Waals surface area contributed by atoms with Gasteiger partial charge in [0.15, 0.2) is 0 Å². The molecule has 1 aromatic carbocycles. The summed E-state index contributed by atoms with van der Waals surface area (Å²) in [6.45, 7) is 2.07. The monoisotopic (exact) mass is 265 g/mol. The minimum Gasteiger partial charge on any atom is -0.388 e. The molecule has 1 fully saturated rings. The molecule has 2 N–H and O–H groups in total. The number of hydrogen-bond donors (Lipinski definition) is 2. The molecule has 0 radical (unpaired) electrons. The summed E-state index contributed by atoms with van der Waals surface area (Å²) in [5.74, 6) is -0.719. The molecule has 1 atom stereocenters. The predicted molar refractivity (Wildman–Crippen MR) is 71.1 cm³/mol. The van der Waals surface area contributed by atoms with Gasteiger partial charge in [0.05, 0.1) is 5.60 Å². The lowest BCUT2D eigenvalue weighted by Gasteiger charge is -2.36. The predicted octanol–water partition coefficient (Wildman–Crippen LogP) is 2.04. The molecule has 0 heterocycles. The molecule has 104 valence electrons. The topological polar surface area (TPSA) is 49.3 Å². The fourth-order valence-electron chi connectivity index (χ4n) is 2.27. The molecule has 0 aliphatic heterocycles. The summed E-state index contributed by atoms with van der Waals surface area (Å²) < 4.78 is 13.5. The maximum Gasteiger partial charge on any atom is 0.223 e. The van der Waals surface area contributed by atoms with Crippen LogP contribution in [-0.2, 0) is 11.2 Å². The second kappa shape index (κ2) is 5.70. The van der Waals surface area contributed by atoms with Gasteiger partial charge in [0.25, 0.3) is 0 Å². The SMILES string of the molecule is CC(Cc1ccccc1F)C(=O)NCC1(O)CCC1. The third-order valence-electron chi connectivity index (χ3n) is 3.81. The first kappa shape index (κ1) is 14.0. The lowest BCUT2D eigenvalue weighted by Crippen LogP contribution is -2.48. The van der Waals surface area contributed by atoms with Crippen LogP contribution in [0.15, 0.2) is 24.3 Å². The van der Waals surface area contributed by atoms with E-state index in [1.807, 2.05) is 0 Å². The van der Waals surface area contributed by atoms with Gasteiger partial charge in [-0.05, 0) is 37.3 Å². The highest BCUT2D eigenvalue weighted by atomic mass is 19.1. The highest BCUT2D eigenvalue weighted by molar-refractivity contribution is 5.78. The molecule has 1 unspecified atom stereocenters. The van der Waals surface area contributed by atoms with Crippen LogP contribution < -0.4 is 5.32 Å². The van der Waals surface area contributed by atoms with Crippen LogP contribution in [-0.4, -0.2) is 23.2 Å². The summed E-state index contributed by atoms with van der Waals surface area (Å²) in [7, 11) is 0. The Balaban J connectivity index is 1.84. The Kier molecular flexibility index (Phi) is 4.20. The minimum atomic E-state index is -0.715. The van der Waals surface area contributed by atoms with Gasteiger partial charge >= 0.3 is 0 Å². The number of nitrogens with one attached hydrogen (secondary N) is 1. The summed E-state index contributed by atoms with van der Waals surface area (Å²) >= 11 is 0. The number of rotatable bonds is 5. The summed E-state index contributed by atoms with van der Waals surface area (Å²) in [6.07, 6.45) is 2.87. The molecule has 1 amide bonds. The zero-order valence-corrected chi connectivity index (χ0v) is 11.2. The minimum absolute atomic E-state index is 0.136. The maximum absolute atomic E-state index is 13.5. The Morgan fingerprint density at radius 1 is 1.47 bits per heavy atom. The van der Waals surface area contributed by atoms with E-state index in [1.165, 1.54) is 6.07 Å². The molecule has 3 nitrogen and oxygen atoms in total. The number of aliphatic hydroxyl groups is 1. The van der Waals surface area contributed by atoms with Gasteiger partial charge in [0, 0.05) is 12.5 Å². The van der Waals surface area contributed by atoms with Gasteiger partial charge in [0.1, 0.15) is 5.82 Å². The maximum atomic E-state index is 13.5. The second-order valence-electron chi connectivity index (χ2n) is 5.49. The zero-order valence-electron chi connectivity index (χ0n) is 11.2. The molecule has 1 aliphatic rings. The van der Waals surface area contributed by atoms with E-state index < -0.39 is 5.60 Å². The van der Waals surface area contributed by atoms with E-state index in [-0.39, 0.29) is 17.6 Å². The molecule has 1 saturated carbocycles. The lowest BCUT2D eigenvalue weighted by molar-refractivity contribution is -0.126. The molecular weight excluding hydrogens is 245 g/mol. The van der Waals surface area contributed by atoms with Gasteiger partial charge in [-0.2, -0.15) is 0 Å². The van der Waals surface area contributed by atoms with Gasteiger partial charge in [-0.15, -0.1) is 0 Å². The smallest absolute Gasteiger partial charge is 0.223 e. The molecule has 19 heavy (non-hydrogen) atoms. The van der Waals surface area contributed by atoms with Crippen molar-refractivity contribution < 1.29 is 14.3 Å². The van der Waals surface area contributed by atoms with Crippen molar-refractivity contribution in [1.29, 1.82) is 0 Å². The van der Waals surface area contributed by atoms with Crippen molar-refractivity contribution in [2.75, 3.05) is 6.54 Å². The molecular formula is C15H20FNO2. The Hall–Kier alpha value is -1.42. The largest absolute Gasteiger partial charge is 0.388 e. The van der Waals surface area contributed by atoms with E-state index in [2.05, 4.69) is 5.32 Å². The van der Waals surface area contributed by atoms with Crippen LogP contribution in [0, 0.1) is 11.7 Å². The highest BCUT2D eigenvalue weighted by Gasteiger charge is 2.34. The molecule has 0 saturated heterocycles. The summed E-state index contributed by atoms with van der Waals surface area (Å²) in [5.41, 5.74) is -0.166. The molecule has 0 bridgehead atoms. The summed E-state index contributed by atoms with van der Waals surface area (Å²) in [6, 6.07) is 6.49. The van der Waals surface area contributed by atoms with Crippen LogP contribution in [0.25, 0.3) is 0 Å². The van der Waals surface area contributed by atoms with Crippen molar-refractivity contribution >= 4 is 5.91 Å². The van der Waals surface area contributed by atoms with E-state index in [0.717, 1.165) is 19.3 Å². The van der Waals surface area contributed by atoms with E-state index in [4.69, 9.17) is 0 Å². The second-order valence-corrected chi connectivity index (χ2v) is 5.49. The fourth-order valence-corrected chi connectivity index (χ4v) is 2.27. The van der Waals surface area contributed by atoms with E-state index in [9.17, 15) is 14.3 Å². The van der Waals surface area contributed by atoms with Crippen molar-refractivity contribution in [3.05, 3.63) is 35.6 Å². The Morgan fingerprint density at radius 3 is 2.74 bits per heavy atom. The normalized spacial score (nSPS) is 18.5. The van der Waals surface area contributed by atoms with Crippen LogP contribution >= 0.6 is 0 Å². The molecule has 1 aromatic rings. The molecule has 0 spiro atoms. The average molecular weight is 265 g/mol. The van der Waals surface area contributed by atoms with Crippen LogP contribution in [0.5, 0.6) is 0 Å². The molecule has 4 heteroatoms. The first-order chi connectivity index (χ1) is 9.00. The van der Waals surface area contributed by atoms with Crippen molar-refractivity contribution in [1.82, 2.24) is 5.32 Å². The van der Waals surface area contributed by atoms with Gasteiger partial charge in [-0.25, -0.2) is 4.39 Å². The van der Waals surface area contributed by atoms with Crippen LogP contribution in [0.1, 0.15) is 31.7 Å². The lowest BCUT2D eigenvalue weighted by atomic mass is 9.80. The Labute approximate surface area is 112 Å². The van der Waals surface area contributed by atoms with Crippen LogP contribution in [0.3, 0.4) is 0 Å². The number of halogens is 1.